The average Bonchev–Trinajstić information content (AvgIpc) is 2.60. The van der Waals surface area contributed by atoms with Crippen molar-refractivity contribution in [2.45, 2.75) is 31.2 Å². The Morgan fingerprint density at radius 1 is 1.04 bits per heavy atom. The van der Waals surface area contributed by atoms with E-state index in [-0.39, 0.29) is 11.3 Å². The lowest BCUT2D eigenvalue weighted by Gasteiger charge is -2.42. The van der Waals surface area contributed by atoms with Crippen molar-refractivity contribution in [3.8, 4) is 0 Å². The molecular formula is C20H20N2O. The summed E-state index contributed by atoms with van der Waals surface area (Å²) >= 11 is 0. The fourth-order valence-electron chi connectivity index (χ4n) is 3.79. The van der Waals surface area contributed by atoms with Gasteiger partial charge >= 0.3 is 0 Å². The first-order valence-corrected chi connectivity index (χ1v) is 8.23. The number of para-hydroxylation sites is 1. The van der Waals surface area contributed by atoms with Gasteiger partial charge in [-0.05, 0) is 30.0 Å². The molecular weight excluding hydrogens is 284 g/mol. The van der Waals surface area contributed by atoms with Gasteiger partial charge in [0.15, 0.2) is 0 Å². The molecule has 0 saturated carbocycles. The number of aliphatic imine (C=N–C) groups is 1. The molecule has 2 aromatic carbocycles. The van der Waals surface area contributed by atoms with E-state index in [4.69, 9.17) is 0 Å². The second kappa shape index (κ2) is 5.65. The third-order valence-corrected chi connectivity index (χ3v) is 4.93. The number of anilines is 1. The highest BCUT2D eigenvalue weighted by atomic mass is 16.2. The molecule has 0 bridgehead atoms. The summed E-state index contributed by atoms with van der Waals surface area (Å²) in [7, 11) is 0. The van der Waals surface area contributed by atoms with Crippen LogP contribution in [0.1, 0.15) is 30.4 Å². The number of carbonyl (C=O) groups is 1. The van der Waals surface area contributed by atoms with E-state index in [0.717, 1.165) is 30.6 Å². The van der Waals surface area contributed by atoms with Crippen LogP contribution in [0, 0.1) is 0 Å². The van der Waals surface area contributed by atoms with Crippen LogP contribution in [0.4, 0.5) is 5.69 Å². The lowest BCUT2D eigenvalue weighted by Crippen LogP contribution is -2.46. The topological polar surface area (TPSA) is 32.7 Å². The molecule has 0 aliphatic carbocycles. The summed E-state index contributed by atoms with van der Waals surface area (Å²) in [4.78, 5) is 19.3. The van der Waals surface area contributed by atoms with Crippen LogP contribution in [-0.4, -0.2) is 18.7 Å². The van der Waals surface area contributed by atoms with Gasteiger partial charge in [-0.1, -0.05) is 48.5 Å². The number of hydrogen-bond acceptors (Lipinski definition) is 2. The van der Waals surface area contributed by atoms with Crippen molar-refractivity contribution in [3.63, 3.8) is 0 Å². The maximum absolute atomic E-state index is 12.9. The van der Waals surface area contributed by atoms with E-state index in [0.29, 0.717) is 13.0 Å². The molecule has 0 saturated heterocycles. The fourth-order valence-corrected chi connectivity index (χ4v) is 3.79. The molecule has 4 rings (SSSR count). The second-order valence-corrected chi connectivity index (χ2v) is 6.45. The van der Waals surface area contributed by atoms with E-state index in [1.807, 2.05) is 35.4 Å². The number of nitrogens with zero attached hydrogens (tertiary/aromatic N) is 2. The average molecular weight is 304 g/mol. The molecule has 1 unspecified atom stereocenters. The van der Waals surface area contributed by atoms with Crippen LogP contribution in [0.25, 0.3) is 0 Å². The third-order valence-electron chi connectivity index (χ3n) is 4.93. The van der Waals surface area contributed by atoms with Gasteiger partial charge in [-0.3, -0.25) is 9.79 Å². The predicted molar refractivity (Wildman–Crippen MR) is 93.0 cm³/mol. The van der Waals surface area contributed by atoms with Gasteiger partial charge in [0.25, 0.3) is 0 Å². The van der Waals surface area contributed by atoms with Crippen molar-refractivity contribution in [1.29, 1.82) is 0 Å². The van der Waals surface area contributed by atoms with E-state index in [2.05, 4.69) is 35.3 Å². The molecule has 0 N–H and O–H groups in total. The van der Waals surface area contributed by atoms with Crippen LogP contribution >= 0.6 is 0 Å². The summed E-state index contributed by atoms with van der Waals surface area (Å²) in [6.45, 7) is 1.51. The van der Waals surface area contributed by atoms with E-state index in [1.165, 1.54) is 5.56 Å². The molecule has 1 atom stereocenters. The number of rotatable bonds is 2. The molecule has 2 aromatic rings. The van der Waals surface area contributed by atoms with Crippen LogP contribution in [0.15, 0.2) is 59.6 Å². The molecule has 0 fully saturated rings. The molecule has 2 aliphatic heterocycles. The quantitative estimate of drug-likeness (QED) is 0.832. The van der Waals surface area contributed by atoms with Crippen molar-refractivity contribution in [3.05, 3.63) is 65.7 Å². The lowest BCUT2D eigenvalue weighted by atomic mass is 9.70. The van der Waals surface area contributed by atoms with Gasteiger partial charge in [0.2, 0.25) is 5.91 Å². The highest BCUT2D eigenvalue weighted by Gasteiger charge is 2.42. The normalized spacial score (nSPS) is 23.1. The molecule has 3 heteroatoms. The molecule has 23 heavy (non-hydrogen) atoms. The Morgan fingerprint density at radius 2 is 1.83 bits per heavy atom. The minimum absolute atomic E-state index is 0.195. The number of hydrogen-bond donors (Lipinski definition) is 0. The molecule has 116 valence electrons. The smallest absolute Gasteiger partial charge is 0.228 e. The number of fused-ring (bicyclic) bond motifs is 2. The van der Waals surface area contributed by atoms with E-state index in [1.54, 1.807) is 0 Å². The summed E-state index contributed by atoms with van der Waals surface area (Å²) in [6, 6.07) is 18.5. The molecule has 3 nitrogen and oxygen atoms in total. The first-order chi connectivity index (χ1) is 11.3. The first-order valence-electron chi connectivity index (χ1n) is 8.23. The van der Waals surface area contributed by atoms with Crippen LogP contribution in [0.3, 0.4) is 0 Å². The predicted octanol–water partition coefficient (Wildman–Crippen LogP) is 3.73. The largest absolute Gasteiger partial charge is 0.308 e. The number of amides is 1. The van der Waals surface area contributed by atoms with Gasteiger partial charge < -0.3 is 4.90 Å². The highest BCUT2D eigenvalue weighted by molar-refractivity contribution is 6.02. The Balaban J connectivity index is 1.77. The van der Waals surface area contributed by atoms with E-state index >= 15 is 0 Å². The molecule has 2 heterocycles. The fraction of sp³-hybridized carbons (Fsp3) is 0.300. The summed E-state index contributed by atoms with van der Waals surface area (Å²) in [5, 5.41) is 0. The van der Waals surface area contributed by atoms with E-state index < -0.39 is 0 Å². The van der Waals surface area contributed by atoms with Crippen LogP contribution in [-0.2, 0) is 16.8 Å². The van der Waals surface area contributed by atoms with Crippen LogP contribution < -0.4 is 4.90 Å². The van der Waals surface area contributed by atoms with E-state index in [9.17, 15) is 4.79 Å². The zero-order chi connectivity index (χ0) is 15.7. The minimum atomic E-state index is -0.195. The Bertz CT molecular complexity index is 753. The van der Waals surface area contributed by atoms with Gasteiger partial charge in [-0.2, -0.15) is 0 Å². The zero-order valence-electron chi connectivity index (χ0n) is 13.1. The summed E-state index contributed by atoms with van der Waals surface area (Å²) in [5.74, 6) is 0.195. The standard InChI is InChI=1S/C20H20N2O/c23-19-13-20(11-6-12-21-15-20)17-9-4-5-10-18(17)22(19)14-16-7-2-1-3-8-16/h1-5,7-10,15H,6,11-14H2. The van der Waals surface area contributed by atoms with Crippen molar-refractivity contribution < 1.29 is 4.79 Å². The Kier molecular flexibility index (Phi) is 3.49. The van der Waals surface area contributed by atoms with Crippen molar-refractivity contribution in [2.75, 3.05) is 11.4 Å². The second-order valence-electron chi connectivity index (χ2n) is 6.45. The maximum Gasteiger partial charge on any atom is 0.228 e. The van der Waals surface area contributed by atoms with Crippen LogP contribution in [0.5, 0.6) is 0 Å². The lowest BCUT2D eigenvalue weighted by molar-refractivity contribution is -0.120. The Labute approximate surface area is 136 Å². The maximum atomic E-state index is 12.9. The monoisotopic (exact) mass is 304 g/mol. The van der Waals surface area contributed by atoms with Gasteiger partial charge in [0.05, 0.1) is 6.54 Å². The van der Waals surface area contributed by atoms with Crippen LogP contribution in [0.2, 0.25) is 0 Å². The Morgan fingerprint density at radius 3 is 2.61 bits per heavy atom. The minimum Gasteiger partial charge on any atom is -0.308 e. The zero-order valence-corrected chi connectivity index (χ0v) is 13.1. The molecule has 1 amide bonds. The van der Waals surface area contributed by atoms with Crippen molar-refractivity contribution in [2.24, 2.45) is 4.99 Å². The van der Waals surface area contributed by atoms with Crippen molar-refractivity contribution >= 4 is 17.8 Å². The van der Waals surface area contributed by atoms with Gasteiger partial charge in [-0.15, -0.1) is 0 Å². The SMILES string of the molecule is O=C1CC2(C=NCCC2)c2ccccc2N1Cc1ccccc1. The van der Waals surface area contributed by atoms with Crippen molar-refractivity contribution in [1.82, 2.24) is 0 Å². The molecule has 2 aliphatic rings. The summed E-state index contributed by atoms with van der Waals surface area (Å²) in [6.07, 6.45) is 4.63. The highest BCUT2D eigenvalue weighted by Crippen LogP contribution is 2.44. The summed E-state index contributed by atoms with van der Waals surface area (Å²) in [5.41, 5.74) is 3.25. The Hall–Kier alpha value is -2.42. The van der Waals surface area contributed by atoms with Gasteiger partial charge in [-0.25, -0.2) is 0 Å². The molecule has 0 aromatic heterocycles. The van der Waals surface area contributed by atoms with Gasteiger partial charge in [0, 0.05) is 30.3 Å². The van der Waals surface area contributed by atoms with Gasteiger partial charge in [0.1, 0.15) is 0 Å². The number of benzene rings is 2. The molecule has 1 spiro atoms. The third kappa shape index (κ3) is 2.46. The number of carbonyl (C=O) groups excluding carboxylic acids is 1. The molecule has 0 radical (unpaired) electrons. The summed E-state index contributed by atoms with van der Waals surface area (Å²) < 4.78 is 0. The first kappa shape index (κ1) is 14.2.